The maximum atomic E-state index is 11.7. The summed E-state index contributed by atoms with van der Waals surface area (Å²) in [6.07, 6.45) is 6.05. The maximum absolute atomic E-state index is 11.7. The Morgan fingerprint density at radius 1 is 1.07 bits per heavy atom. The van der Waals surface area contributed by atoms with Gasteiger partial charge in [0.2, 0.25) is 5.91 Å². The van der Waals surface area contributed by atoms with Crippen LogP contribution in [0.25, 0.3) is 0 Å². The Hall–Kier alpha value is -2.94. The molecule has 0 fully saturated rings. The summed E-state index contributed by atoms with van der Waals surface area (Å²) in [6.45, 7) is 4.33. The number of rotatable bonds is 4. The SMILES string of the molecule is Cc1ccc(C(Cc2cccnc2)c2ccc3c(c2)CCC(=O)N3)c(C)c1. The summed E-state index contributed by atoms with van der Waals surface area (Å²) >= 11 is 0. The summed E-state index contributed by atoms with van der Waals surface area (Å²) in [4.78, 5) is 16.0. The molecule has 1 aromatic heterocycles. The molecule has 4 rings (SSSR count). The Morgan fingerprint density at radius 3 is 2.74 bits per heavy atom. The zero-order chi connectivity index (χ0) is 18.8. The van der Waals surface area contributed by atoms with Crippen molar-refractivity contribution in [3.63, 3.8) is 0 Å². The standard InChI is InChI=1S/C24H24N2O/c1-16-5-8-21(17(2)12-16)22(13-18-4-3-11-25-15-18)19-6-9-23-20(14-19)7-10-24(27)26-23/h3-6,8-9,11-12,14-15,22H,7,10,13H2,1-2H3,(H,26,27). The normalized spacial score (nSPS) is 14.4. The predicted molar refractivity (Wildman–Crippen MR) is 109 cm³/mol. The van der Waals surface area contributed by atoms with E-state index in [1.54, 1.807) is 0 Å². The average Bonchev–Trinajstić information content (AvgIpc) is 2.67. The van der Waals surface area contributed by atoms with Crippen molar-refractivity contribution in [2.75, 3.05) is 5.32 Å². The van der Waals surface area contributed by atoms with Crippen LogP contribution in [-0.2, 0) is 17.6 Å². The molecule has 3 heteroatoms. The van der Waals surface area contributed by atoms with Gasteiger partial charge in [0.1, 0.15) is 0 Å². The Labute approximate surface area is 160 Å². The van der Waals surface area contributed by atoms with E-state index in [1.807, 2.05) is 18.5 Å². The zero-order valence-electron chi connectivity index (χ0n) is 15.8. The van der Waals surface area contributed by atoms with E-state index in [9.17, 15) is 4.79 Å². The van der Waals surface area contributed by atoms with E-state index in [4.69, 9.17) is 0 Å². The van der Waals surface area contributed by atoms with Crippen molar-refractivity contribution in [2.24, 2.45) is 0 Å². The van der Waals surface area contributed by atoms with Crippen LogP contribution in [0.3, 0.4) is 0 Å². The first kappa shape index (κ1) is 17.5. The van der Waals surface area contributed by atoms with Gasteiger partial charge in [0.05, 0.1) is 0 Å². The third-order valence-electron chi connectivity index (χ3n) is 5.39. The molecule has 0 saturated carbocycles. The van der Waals surface area contributed by atoms with Crippen molar-refractivity contribution < 1.29 is 4.79 Å². The van der Waals surface area contributed by atoms with Gasteiger partial charge in [-0.1, -0.05) is 42.0 Å². The van der Waals surface area contributed by atoms with Gasteiger partial charge in [0.15, 0.2) is 0 Å². The van der Waals surface area contributed by atoms with Crippen LogP contribution in [-0.4, -0.2) is 10.9 Å². The smallest absolute Gasteiger partial charge is 0.224 e. The quantitative estimate of drug-likeness (QED) is 0.718. The van der Waals surface area contributed by atoms with Crippen LogP contribution < -0.4 is 5.32 Å². The molecular weight excluding hydrogens is 332 g/mol. The first-order valence-electron chi connectivity index (χ1n) is 9.49. The van der Waals surface area contributed by atoms with E-state index in [1.165, 1.54) is 33.4 Å². The van der Waals surface area contributed by atoms with Crippen molar-refractivity contribution >= 4 is 11.6 Å². The zero-order valence-corrected chi connectivity index (χ0v) is 15.8. The maximum Gasteiger partial charge on any atom is 0.224 e. The van der Waals surface area contributed by atoms with E-state index >= 15 is 0 Å². The molecule has 1 N–H and O–H groups in total. The lowest BCUT2D eigenvalue weighted by molar-refractivity contribution is -0.116. The number of nitrogens with zero attached hydrogens (tertiary/aromatic N) is 1. The fourth-order valence-electron chi connectivity index (χ4n) is 4.00. The van der Waals surface area contributed by atoms with Gasteiger partial charge in [-0.15, -0.1) is 0 Å². The number of fused-ring (bicyclic) bond motifs is 1. The number of benzene rings is 2. The predicted octanol–water partition coefficient (Wildman–Crippen LogP) is 4.96. The minimum atomic E-state index is 0.108. The van der Waals surface area contributed by atoms with Gasteiger partial charge in [0.25, 0.3) is 0 Å². The van der Waals surface area contributed by atoms with Gasteiger partial charge in [-0.05, 0) is 66.6 Å². The summed E-state index contributed by atoms with van der Waals surface area (Å²) in [6, 6.07) is 17.3. The molecule has 0 saturated heterocycles. The Kier molecular flexibility index (Phi) is 4.76. The van der Waals surface area contributed by atoms with Gasteiger partial charge in [0, 0.05) is 30.4 Å². The number of aromatic nitrogens is 1. The highest BCUT2D eigenvalue weighted by Crippen LogP contribution is 2.34. The first-order valence-corrected chi connectivity index (χ1v) is 9.49. The first-order chi connectivity index (χ1) is 13.1. The summed E-state index contributed by atoms with van der Waals surface area (Å²) in [5.41, 5.74) is 8.65. The summed E-state index contributed by atoms with van der Waals surface area (Å²) in [5.74, 6) is 0.370. The second kappa shape index (κ2) is 7.36. The largest absolute Gasteiger partial charge is 0.326 e. The average molecular weight is 356 g/mol. The van der Waals surface area contributed by atoms with Gasteiger partial charge < -0.3 is 5.32 Å². The highest BCUT2D eigenvalue weighted by molar-refractivity contribution is 5.93. The molecular formula is C24H24N2O. The molecule has 0 bridgehead atoms. The molecule has 2 aromatic carbocycles. The molecule has 1 unspecified atom stereocenters. The molecule has 136 valence electrons. The Morgan fingerprint density at radius 2 is 1.96 bits per heavy atom. The van der Waals surface area contributed by atoms with Gasteiger partial charge in [-0.2, -0.15) is 0 Å². The summed E-state index contributed by atoms with van der Waals surface area (Å²) < 4.78 is 0. The molecule has 0 aliphatic carbocycles. The molecule has 0 spiro atoms. The number of nitrogens with one attached hydrogen (secondary N) is 1. The number of carbonyl (C=O) groups is 1. The van der Waals surface area contributed by atoms with Crippen LogP contribution in [0.4, 0.5) is 5.69 Å². The van der Waals surface area contributed by atoms with Crippen LogP contribution in [0.1, 0.15) is 45.7 Å². The van der Waals surface area contributed by atoms with Crippen LogP contribution in [0.2, 0.25) is 0 Å². The highest BCUT2D eigenvalue weighted by atomic mass is 16.1. The highest BCUT2D eigenvalue weighted by Gasteiger charge is 2.21. The number of hydrogen-bond acceptors (Lipinski definition) is 2. The van der Waals surface area contributed by atoms with E-state index in [0.717, 1.165) is 18.5 Å². The summed E-state index contributed by atoms with van der Waals surface area (Å²) in [7, 11) is 0. The molecule has 1 atom stereocenters. The second-order valence-corrected chi connectivity index (χ2v) is 7.44. The Balaban J connectivity index is 1.77. The molecule has 1 aliphatic heterocycles. The fraction of sp³-hybridized carbons (Fsp3) is 0.250. The van der Waals surface area contributed by atoms with Crippen molar-refractivity contribution in [1.29, 1.82) is 0 Å². The number of carbonyl (C=O) groups excluding carboxylic acids is 1. The van der Waals surface area contributed by atoms with E-state index in [-0.39, 0.29) is 11.8 Å². The number of amides is 1. The Bertz CT molecular complexity index is 979. The van der Waals surface area contributed by atoms with Crippen LogP contribution in [0, 0.1) is 13.8 Å². The van der Waals surface area contributed by atoms with Crippen molar-refractivity contribution in [3.05, 3.63) is 94.3 Å². The minimum absolute atomic E-state index is 0.108. The summed E-state index contributed by atoms with van der Waals surface area (Å²) in [5, 5.41) is 2.99. The molecule has 0 radical (unpaired) electrons. The van der Waals surface area contributed by atoms with E-state index < -0.39 is 0 Å². The van der Waals surface area contributed by atoms with Crippen molar-refractivity contribution in [2.45, 2.75) is 39.0 Å². The monoisotopic (exact) mass is 356 g/mol. The lowest BCUT2D eigenvalue weighted by Gasteiger charge is -2.24. The van der Waals surface area contributed by atoms with Crippen LogP contribution in [0.15, 0.2) is 60.9 Å². The van der Waals surface area contributed by atoms with Gasteiger partial charge in [-0.25, -0.2) is 0 Å². The lowest BCUT2D eigenvalue weighted by atomic mass is 9.82. The molecule has 2 heterocycles. The van der Waals surface area contributed by atoms with Crippen molar-refractivity contribution in [3.8, 4) is 0 Å². The van der Waals surface area contributed by atoms with Crippen LogP contribution >= 0.6 is 0 Å². The topological polar surface area (TPSA) is 42.0 Å². The third kappa shape index (κ3) is 3.77. The number of hydrogen-bond donors (Lipinski definition) is 1. The third-order valence-corrected chi connectivity index (χ3v) is 5.39. The van der Waals surface area contributed by atoms with Crippen LogP contribution in [0.5, 0.6) is 0 Å². The number of pyridine rings is 1. The van der Waals surface area contributed by atoms with Gasteiger partial charge in [-0.3, -0.25) is 9.78 Å². The lowest BCUT2D eigenvalue weighted by Crippen LogP contribution is -2.19. The van der Waals surface area contributed by atoms with E-state index in [0.29, 0.717) is 6.42 Å². The number of aryl methyl sites for hydroxylation is 3. The van der Waals surface area contributed by atoms with Crippen molar-refractivity contribution in [1.82, 2.24) is 4.98 Å². The molecule has 1 amide bonds. The molecule has 3 aromatic rings. The molecule has 1 aliphatic rings. The molecule has 27 heavy (non-hydrogen) atoms. The molecule has 3 nitrogen and oxygen atoms in total. The van der Waals surface area contributed by atoms with E-state index in [2.05, 4.69) is 66.6 Å². The second-order valence-electron chi connectivity index (χ2n) is 7.44. The van der Waals surface area contributed by atoms with Gasteiger partial charge >= 0.3 is 0 Å². The fourth-order valence-corrected chi connectivity index (χ4v) is 4.00. The number of anilines is 1. The minimum Gasteiger partial charge on any atom is -0.326 e.